The van der Waals surface area contributed by atoms with Crippen LogP contribution in [0, 0.1) is 5.41 Å². The minimum absolute atomic E-state index is 0.115. The second kappa shape index (κ2) is 3.89. The number of likely N-dealkylation sites (N-methyl/N-ethyl adjacent to an activating group) is 1. The maximum absolute atomic E-state index is 11.6. The molecule has 1 saturated carbocycles. The average Bonchev–Trinajstić information content (AvgIpc) is 2.18. The van der Waals surface area contributed by atoms with E-state index in [1.54, 1.807) is 0 Å². The predicted molar refractivity (Wildman–Crippen MR) is 56.1 cm³/mol. The first-order chi connectivity index (χ1) is 6.46. The Bertz CT molecular complexity index is 213. The minimum atomic E-state index is -0.426. The summed E-state index contributed by atoms with van der Waals surface area (Å²) in [6, 6.07) is 0. The molecule has 1 aliphatic rings. The van der Waals surface area contributed by atoms with E-state index in [0.29, 0.717) is 5.41 Å². The van der Waals surface area contributed by atoms with Crippen molar-refractivity contribution in [3.63, 3.8) is 0 Å². The SMILES string of the molecule is CNC1(C(=O)OC)CCC(C)(C)CC1. The predicted octanol–water partition coefficient (Wildman–Crippen LogP) is 1.72. The van der Waals surface area contributed by atoms with Crippen LogP contribution in [-0.4, -0.2) is 25.7 Å². The van der Waals surface area contributed by atoms with E-state index >= 15 is 0 Å². The van der Waals surface area contributed by atoms with E-state index in [1.165, 1.54) is 7.11 Å². The van der Waals surface area contributed by atoms with Crippen LogP contribution >= 0.6 is 0 Å². The summed E-state index contributed by atoms with van der Waals surface area (Å²) in [5.41, 5.74) is -0.0569. The van der Waals surface area contributed by atoms with Gasteiger partial charge >= 0.3 is 5.97 Å². The molecule has 1 aliphatic carbocycles. The first-order valence-electron chi connectivity index (χ1n) is 5.23. The third kappa shape index (κ3) is 2.08. The standard InChI is InChI=1S/C11H21NO2/c1-10(2)5-7-11(12-3,8-6-10)9(13)14-4/h12H,5-8H2,1-4H3. The largest absolute Gasteiger partial charge is 0.468 e. The molecular weight excluding hydrogens is 178 g/mol. The molecule has 3 nitrogen and oxygen atoms in total. The van der Waals surface area contributed by atoms with Crippen molar-refractivity contribution in [3.8, 4) is 0 Å². The van der Waals surface area contributed by atoms with Gasteiger partial charge in [0, 0.05) is 0 Å². The van der Waals surface area contributed by atoms with E-state index in [2.05, 4.69) is 19.2 Å². The van der Waals surface area contributed by atoms with Gasteiger partial charge in [-0.2, -0.15) is 0 Å². The molecule has 1 rings (SSSR count). The number of rotatable bonds is 2. The Labute approximate surface area is 86.2 Å². The van der Waals surface area contributed by atoms with Gasteiger partial charge in [-0.1, -0.05) is 13.8 Å². The molecule has 82 valence electrons. The van der Waals surface area contributed by atoms with Gasteiger partial charge in [0.05, 0.1) is 7.11 Å². The fourth-order valence-electron chi connectivity index (χ4n) is 2.11. The Balaban J connectivity index is 2.71. The van der Waals surface area contributed by atoms with Gasteiger partial charge in [-0.05, 0) is 38.1 Å². The highest BCUT2D eigenvalue weighted by molar-refractivity contribution is 5.80. The van der Waals surface area contributed by atoms with E-state index in [9.17, 15) is 4.79 Å². The van der Waals surface area contributed by atoms with Gasteiger partial charge in [-0.25, -0.2) is 0 Å². The zero-order valence-electron chi connectivity index (χ0n) is 9.64. The van der Waals surface area contributed by atoms with Gasteiger partial charge in [-0.15, -0.1) is 0 Å². The molecule has 0 amide bonds. The van der Waals surface area contributed by atoms with E-state index in [0.717, 1.165) is 25.7 Å². The van der Waals surface area contributed by atoms with Gasteiger partial charge in [0.1, 0.15) is 5.54 Å². The molecule has 0 radical (unpaired) electrons. The highest BCUT2D eigenvalue weighted by Crippen LogP contribution is 2.40. The molecule has 0 aliphatic heterocycles. The molecule has 3 heteroatoms. The lowest BCUT2D eigenvalue weighted by Gasteiger charge is -2.41. The first kappa shape index (κ1) is 11.5. The van der Waals surface area contributed by atoms with Crippen molar-refractivity contribution in [1.29, 1.82) is 0 Å². The summed E-state index contributed by atoms with van der Waals surface area (Å²) in [5.74, 6) is -0.115. The lowest BCUT2D eigenvalue weighted by atomic mass is 9.69. The normalized spacial score (nSPS) is 24.3. The molecule has 0 heterocycles. The Hall–Kier alpha value is -0.570. The monoisotopic (exact) mass is 199 g/mol. The topological polar surface area (TPSA) is 38.3 Å². The zero-order valence-corrected chi connectivity index (χ0v) is 9.64. The maximum Gasteiger partial charge on any atom is 0.326 e. The van der Waals surface area contributed by atoms with Gasteiger partial charge in [0.25, 0.3) is 0 Å². The molecule has 0 saturated heterocycles. The van der Waals surface area contributed by atoms with Crippen molar-refractivity contribution in [2.24, 2.45) is 5.41 Å². The van der Waals surface area contributed by atoms with E-state index in [-0.39, 0.29) is 5.97 Å². The summed E-state index contributed by atoms with van der Waals surface area (Å²) in [5, 5.41) is 3.13. The second-order valence-corrected chi connectivity index (χ2v) is 4.99. The van der Waals surface area contributed by atoms with Crippen LogP contribution in [0.4, 0.5) is 0 Å². The van der Waals surface area contributed by atoms with Gasteiger partial charge in [-0.3, -0.25) is 4.79 Å². The highest BCUT2D eigenvalue weighted by atomic mass is 16.5. The van der Waals surface area contributed by atoms with Crippen LogP contribution in [0.1, 0.15) is 39.5 Å². The number of methoxy groups -OCH3 is 1. The molecule has 14 heavy (non-hydrogen) atoms. The van der Waals surface area contributed by atoms with Gasteiger partial charge in [0.15, 0.2) is 0 Å². The van der Waals surface area contributed by atoms with Crippen LogP contribution in [0.15, 0.2) is 0 Å². The van der Waals surface area contributed by atoms with Crippen LogP contribution in [0.2, 0.25) is 0 Å². The maximum atomic E-state index is 11.6. The van der Waals surface area contributed by atoms with E-state index < -0.39 is 5.54 Å². The summed E-state index contributed by atoms with van der Waals surface area (Å²) < 4.78 is 4.85. The number of carbonyl (C=O) groups is 1. The zero-order chi connectivity index (χ0) is 10.8. The molecule has 1 fully saturated rings. The number of ether oxygens (including phenoxy) is 1. The Morgan fingerprint density at radius 3 is 2.07 bits per heavy atom. The van der Waals surface area contributed by atoms with Crippen LogP contribution in [-0.2, 0) is 9.53 Å². The number of carbonyl (C=O) groups excluding carboxylic acids is 1. The van der Waals surface area contributed by atoms with Crippen LogP contribution in [0.3, 0.4) is 0 Å². The lowest BCUT2D eigenvalue weighted by molar-refractivity contribution is -0.150. The summed E-state index contributed by atoms with van der Waals surface area (Å²) >= 11 is 0. The summed E-state index contributed by atoms with van der Waals surface area (Å²) in [6.45, 7) is 4.51. The molecule has 0 bridgehead atoms. The van der Waals surface area contributed by atoms with E-state index in [1.807, 2.05) is 7.05 Å². The van der Waals surface area contributed by atoms with Crippen molar-refractivity contribution in [1.82, 2.24) is 5.32 Å². The van der Waals surface area contributed by atoms with Crippen molar-refractivity contribution in [2.75, 3.05) is 14.2 Å². The first-order valence-corrected chi connectivity index (χ1v) is 5.23. The fourth-order valence-corrected chi connectivity index (χ4v) is 2.11. The van der Waals surface area contributed by atoms with Crippen molar-refractivity contribution < 1.29 is 9.53 Å². The Kier molecular flexibility index (Phi) is 3.20. The summed E-state index contributed by atoms with van der Waals surface area (Å²) in [4.78, 5) is 11.6. The highest BCUT2D eigenvalue weighted by Gasteiger charge is 2.43. The average molecular weight is 199 g/mol. The molecular formula is C11H21NO2. The van der Waals surface area contributed by atoms with Crippen LogP contribution < -0.4 is 5.32 Å². The number of hydrogen-bond acceptors (Lipinski definition) is 3. The Morgan fingerprint density at radius 2 is 1.71 bits per heavy atom. The van der Waals surface area contributed by atoms with Crippen molar-refractivity contribution in [2.45, 2.75) is 45.1 Å². The van der Waals surface area contributed by atoms with E-state index in [4.69, 9.17) is 4.74 Å². The molecule has 0 spiro atoms. The van der Waals surface area contributed by atoms with Crippen molar-refractivity contribution in [3.05, 3.63) is 0 Å². The fraction of sp³-hybridized carbons (Fsp3) is 0.909. The van der Waals surface area contributed by atoms with Gasteiger partial charge in [0.2, 0.25) is 0 Å². The molecule has 0 aromatic heterocycles. The summed E-state index contributed by atoms with van der Waals surface area (Å²) in [6.07, 6.45) is 3.90. The Morgan fingerprint density at radius 1 is 1.21 bits per heavy atom. The van der Waals surface area contributed by atoms with Gasteiger partial charge < -0.3 is 10.1 Å². The smallest absolute Gasteiger partial charge is 0.326 e. The lowest BCUT2D eigenvalue weighted by Crippen LogP contribution is -2.54. The quantitative estimate of drug-likeness (QED) is 0.688. The third-order valence-electron chi connectivity index (χ3n) is 3.51. The molecule has 0 aromatic rings. The third-order valence-corrected chi connectivity index (χ3v) is 3.51. The molecule has 0 atom stereocenters. The molecule has 0 unspecified atom stereocenters. The number of nitrogens with one attached hydrogen (secondary N) is 1. The van der Waals surface area contributed by atoms with Crippen molar-refractivity contribution >= 4 is 5.97 Å². The number of hydrogen-bond donors (Lipinski definition) is 1. The minimum Gasteiger partial charge on any atom is -0.468 e. The van der Waals surface area contributed by atoms with Crippen LogP contribution in [0.5, 0.6) is 0 Å². The number of esters is 1. The van der Waals surface area contributed by atoms with Crippen LogP contribution in [0.25, 0.3) is 0 Å². The molecule has 1 N–H and O–H groups in total. The molecule has 0 aromatic carbocycles. The summed E-state index contributed by atoms with van der Waals surface area (Å²) in [7, 11) is 3.30. The second-order valence-electron chi connectivity index (χ2n) is 4.99.